The molecule has 0 aliphatic heterocycles. The number of nitrogens with zero attached hydrogens (tertiary/aromatic N) is 3. The molecule has 8 heteroatoms. The van der Waals surface area contributed by atoms with E-state index in [9.17, 15) is 14.9 Å². The highest BCUT2D eigenvalue weighted by atomic mass is 16.6. The molecule has 0 spiro atoms. The molecule has 0 bridgehead atoms. The van der Waals surface area contributed by atoms with Gasteiger partial charge in [-0.15, -0.1) is 0 Å². The Hall–Kier alpha value is -2.12. The van der Waals surface area contributed by atoms with Crippen LogP contribution in [0.3, 0.4) is 0 Å². The third-order valence-corrected chi connectivity index (χ3v) is 3.27. The smallest absolute Gasteiger partial charge is 0.333 e. The van der Waals surface area contributed by atoms with Crippen molar-refractivity contribution in [3.05, 3.63) is 15.8 Å². The van der Waals surface area contributed by atoms with Gasteiger partial charge in [0.25, 0.3) is 0 Å². The third kappa shape index (κ3) is 3.50. The molecule has 0 saturated heterocycles. The van der Waals surface area contributed by atoms with Gasteiger partial charge in [0, 0.05) is 19.6 Å². The van der Waals surface area contributed by atoms with Gasteiger partial charge in [-0.1, -0.05) is 0 Å². The van der Waals surface area contributed by atoms with Gasteiger partial charge in [0.15, 0.2) is 0 Å². The van der Waals surface area contributed by atoms with Gasteiger partial charge < -0.3 is 10.6 Å². The van der Waals surface area contributed by atoms with E-state index >= 15 is 0 Å². The molecule has 2 N–H and O–H groups in total. The summed E-state index contributed by atoms with van der Waals surface area (Å²) in [5.41, 5.74) is -0.381. The zero-order valence-electron chi connectivity index (χ0n) is 13.4. The monoisotopic (exact) mass is 297 g/mol. The second kappa shape index (κ2) is 6.11. The summed E-state index contributed by atoms with van der Waals surface area (Å²) in [5, 5.41) is 21.0. The van der Waals surface area contributed by atoms with Crippen molar-refractivity contribution in [3.8, 4) is 0 Å². The SMILES string of the molecule is CNC(=O)C(C)(C)CNc1c([N+](=O)[O-])c(C)nn1C(C)C. The van der Waals surface area contributed by atoms with Crippen LogP contribution in [-0.2, 0) is 4.79 Å². The van der Waals surface area contributed by atoms with E-state index in [4.69, 9.17) is 0 Å². The minimum absolute atomic E-state index is 0.0250. The normalized spacial score (nSPS) is 11.6. The molecule has 0 radical (unpaired) electrons. The predicted molar refractivity (Wildman–Crippen MR) is 80.3 cm³/mol. The maximum Gasteiger partial charge on any atom is 0.333 e. The Bertz CT molecular complexity index is 548. The van der Waals surface area contributed by atoms with Gasteiger partial charge in [0.05, 0.1) is 10.3 Å². The molecule has 1 amide bonds. The third-order valence-electron chi connectivity index (χ3n) is 3.27. The average molecular weight is 297 g/mol. The second-order valence-corrected chi connectivity index (χ2v) is 5.89. The van der Waals surface area contributed by atoms with Crippen LogP contribution < -0.4 is 10.6 Å². The number of anilines is 1. The van der Waals surface area contributed by atoms with Gasteiger partial charge in [-0.2, -0.15) is 5.10 Å². The summed E-state index contributed by atoms with van der Waals surface area (Å²) in [5.74, 6) is 0.203. The van der Waals surface area contributed by atoms with Gasteiger partial charge in [-0.3, -0.25) is 14.9 Å². The predicted octanol–water partition coefficient (Wildman–Crippen LogP) is 1.86. The van der Waals surface area contributed by atoms with E-state index in [0.717, 1.165) is 0 Å². The van der Waals surface area contributed by atoms with Crippen molar-refractivity contribution >= 4 is 17.4 Å². The number of aromatic nitrogens is 2. The first-order chi connectivity index (χ1) is 9.61. The summed E-state index contributed by atoms with van der Waals surface area (Å²) in [6.07, 6.45) is 0. The van der Waals surface area contributed by atoms with Gasteiger partial charge in [-0.05, 0) is 34.6 Å². The van der Waals surface area contributed by atoms with Gasteiger partial charge >= 0.3 is 5.69 Å². The van der Waals surface area contributed by atoms with E-state index in [-0.39, 0.29) is 24.2 Å². The Labute approximate surface area is 124 Å². The van der Waals surface area contributed by atoms with Crippen LogP contribution in [0.15, 0.2) is 0 Å². The van der Waals surface area contributed by atoms with E-state index in [1.54, 1.807) is 32.5 Å². The Morgan fingerprint density at radius 2 is 2.05 bits per heavy atom. The van der Waals surface area contributed by atoms with Crippen LogP contribution in [0, 0.1) is 22.5 Å². The van der Waals surface area contributed by atoms with Crippen molar-refractivity contribution < 1.29 is 9.72 Å². The van der Waals surface area contributed by atoms with Crippen molar-refractivity contribution in [2.45, 2.75) is 40.7 Å². The Kier molecular flexibility index (Phi) is 4.93. The van der Waals surface area contributed by atoms with E-state index < -0.39 is 10.3 Å². The molecule has 21 heavy (non-hydrogen) atoms. The van der Waals surface area contributed by atoms with E-state index in [1.807, 2.05) is 13.8 Å². The number of carbonyl (C=O) groups excluding carboxylic acids is 1. The summed E-state index contributed by atoms with van der Waals surface area (Å²) in [7, 11) is 1.56. The van der Waals surface area contributed by atoms with Crippen molar-refractivity contribution in [2.24, 2.45) is 5.41 Å². The zero-order chi connectivity index (χ0) is 16.4. The molecule has 0 aliphatic rings. The highest BCUT2D eigenvalue weighted by molar-refractivity contribution is 5.82. The molecule has 8 nitrogen and oxygen atoms in total. The molecule has 0 aliphatic carbocycles. The first-order valence-corrected chi connectivity index (χ1v) is 6.81. The highest BCUT2D eigenvalue weighted by Gasteiger charge is 2.31. The number of hydrogen-bond acceptors (Lipinski definition) is 5. The number of nitro groups is 1. The molecule has 118 valence electrons. The lowest BCUT2D eigenvalue weighted by Crippen LogP contribution is -2.39. The number of hydrogen-bond donors (Lipinski definition) is 2. The topological polar surface area (TPSA) is 102 Å². The van der Waals surface area contributed by atoms with E-state index in [0.29, 0.717) is 11.5 Å². The fourth-order valence-electron chi connectivity index (χ4n) is 2.02. The van der Waals surface area contributed by atoms with Crippen molar-refractivity contribution in [2.75, 3.05) is 18.9 Å². The maximum absolute atomic E-state index is 11.8. The fraction of sp³-hybridized carbons (Fsp3) is 0.692. The summed E-state index contributed by atoms with van der Waals surface area (Å²) < 4.78 is 1.58. The summed E-state index contributed by atoms with van der Waals surface area (Å²) in [6, 6.07) is -0.0250. The largest absolute Gasteiger partial charge is 0.363 e. The lowest BCUT2D eigenvalue weighted by Gasteiger charge is -2.23. The minimum atomic E-state index is -0.692. The van der Waals surface area contributed by atoms with Crippen molar-refractivity contribution in [3.63, 3.8) is 0 Å². The molecular weight excluding hydrogens is 274 g/mol. The zero-order valence-corrected chi connectivity index (χ0v) is 13.4. The van der Waals surface area contributed by atoms with Crippen LogP contribution in [0.5, 0.6) is 0 Å². The van der Waals surface area contributed by atoms with Crippen molar-refractivity contribution in [1.29, 1.82) is 0 Å². The van der Waals surface area contributed by atoms with Gasteiger partial charge in [-0.25, -0.2) is 4.68 Å². The summed E-state index contributed by atoms with van der Waals surface area (Å²) in [4.78, 5) is 22.6. The molecule has 1 aromatic rings. The van der Waals surface area contributed by atoms with E-state index in [2.05, 4.69) is 15.7 Å². The van der Waals surface area contributed by atoms with Crippen LogP contribution in [0.25, 0.3) is 0 Å². The summed E-state index contributed by atoms with van der Waals surface area (Å²) >= 11 is 0. The fourth-order valence-corrected chi connectivity index (χ4v) is 2.02. The Morgan fingerprint density at radius 1 is 1.48 bits per heavy atom. The number of rotatable bonds is 6. The number of aryl methyl sites for hydroxylation is 1. The minimum Gasteiger partial charge on any atom is -0.363 e. The standard InChI is InChI=1S/C13H23N5O3/c1-8(2)17-11(10(18(20)21)9(3)16-17)15-7-13(4,5)12(19)14-6/h8,15H,7H2,1-6H3,(H,14,19). The van der Waals surface area contributed by atoms with Gasteiger partial charge in [0.1, 0.15) is 5.69 Å². The maximum atomic E-state index is 11.8. The number of carbonyl (C=O) groups is 1. The van der Waals surface area contributed by atoms with Crippen LogP contribution >= 0.6 is 0 Å². The first kappa shape index (κ1) is 16.9. The van der Waals surface area contributed by atoms with Gasteiger partial charge in [0.2, 0.25) is 11.7 Å². The summed E-state index contributed by atoms with van der Waals surface area (Å²) in [6.45, 7) is 9.20. The first-order valence-electron chi connectivity index (χ1n) is 6.81. The Morgan fingerprint density at radius 3 is 2.48 bits per heavy atom. The molecule has 0 unspecified atom stereocenters. The number of amides is 1. The Balaban J connectivity index is 3.12. The average Bonchev–Trinajstić information content (AvgIpc) is 2.72. The molecule has 0 atom stereocenters. The van der Waals surface area contributed by atoms with Crippen LogP contribution in [0.1, 0.15) is 39.4 Å². The number of nitrogens with one attached hydrogen (secondary N) is 2. The second-order valence-electron chi connectivity index (χ2n) is 5.89. The quantitative estimate of drug-likeness (QED) is 0.616. The van der Waals surface area contributed by atoms with Crippen molar-refractivity contribution in [1.82, 2.24) is 15.1 Å². The highest BCUT2D eigenvalue weighted by Crippen LogP contribution is 2.31. The molecule has 0 fully saturated rings. The molecule has 0 saturated carbocycles. The molecule has 1 rings (SSSR count). The van der Waals surface area contributed by atoms with E-state index in [1.165, 1.54) is 0 Å². The molecule has 0 aromatic carbocycles. The van der Waals surface area contributed by atoms with Crippen LogP contribution in [0.2, 0.25) is 0 Å². The lowest BCUT2D eigenvalue weighted by molar-refractivity contribution is -0.384. The van der Waals surface area contributed by atoms with Crippen LogP contribution in [0.4, 0.5) is 11.5 Å². The molecular formula is C13H23N5O3. The molecule has 1 aromatic heterocycles. The molecule has 1 heterocycles. The lowest BCUT2D eigenvalue weighted by atomic mass is 9.92. The van der Waals surface area contributed by atoms with Crippen LogP contribution in [-0.4, -0.2) is 34.2 Å².